The summed E-state index contributed by atoms with van der Waals surface area (Å²) in [5.74, 6) is -0.201. The van der Waals surface area contributed by atoms with Crippen LogP contribution in [0.5, 0.6) is 5.75 Å². The van der Waals surface area contributed by atoms with Gasteiger partial charge in [-0.3, -0.25) is 14.9 Å². The van der Waals surface area contributed by atoms with Crippen molar-refractivity contribution >= 4 is 27.6 Å². The number of methoxy groups -OCH3 is 1. The molecule has 1 aromatic rings. The van der Waals surface area contributed by atoms with Gasteiger partial charge in [-0.15, -0.1) is 0 Å². The third-order valence-corrected chi connectivity index (χ3v) is 2.97. The number of non-ortho nitro benzene ring substituents is 1. The van der Waals surface area contributed by atoms with Crippen LogP contribution in [-0.4, -0.2) is 30.7 Å². The van der Waals surface area contributed by atoms with Gasteiger partial charge in [0.25, 0.3) is 5.69 Å². The Hall–Kier alpha value is -1.67. The fourth-order valence-corrected chi connectivity index (χ4v) is 1.64. The molecule has 0 fully saturated rings. The molecule has 2 N–H and O–H groups in total. The Morgan fingerprint density at radius 3 is 2.84 bits per heavy atom. The topological polar surface area (TPSA) is 105 Å². The van der Waals surface area contributed by atoms with Gasteiger partial charge in [-0.05, 0) is 22.0 Å². The molecule has 0 saturated heterocycles. The van der Waals surface area contributed by atoms with Crippen molar-refractivity contribution in [3.8, 4) is 5.75 Å². The smallest absolute Gasteiger partial charge is 0.322 e. The normalized spacial score (nSPS) is 11.7. The Kier molecular flexibility index (Phi) is 5.71. The Morgan fingerprint density at radius 2 is 2.26 bits per heavy atom. The first-order chi connectivity index (χ1) is 8.95. The van der Waals surface area contributed by atoms with Crippen molar-refractivity contribution in [3.63, 3.8) is 0 Å². The second kappa shape index (κ2) is 7.05. The van der Waals surface area contributed by atoms with Crippen molar-refractivity contribution in [1.82, 2.24) is 0 Å². The Labute approximate surface area is 118 Å². The van der Waals surface area contributed by atoms with E-state index in [1.54, 1.807) is 0 Å². The molecule has 0 saturated carbocycles. The Morgan fingerprint density at radius 1 is 1.58 bits per heavy atom. The molecule has 0 amide bonds. The highest BCUT2D eigenvalue weighted by Crippen LogP contribution is 2.29. The number of hydrogen-bond acceptors (Lipinski definition) is 6. The molecule has 0 spiro atoms. The average molecular weight is 333 g/mol. The van der Waals surface area contributed by atoms with E-state index in [1.807, 2.05) is 0 Å². The molecule has 1 aromatic carbocycles. The summed E-state index contributed by atoms with van der Waals surface area (Å²) in [5, 5.41) is 10.6. The Bertz CT molecular complexity index is 480. The summed E-state index contributed by atoms with van der Waals surface area (Å²) in [5.41, 5.74) is 5.46. The summed E-state index contributed by atoms with van der Waals surface area (Å²) in [6.07, 6.45) is 0.252. The van der Waals surface area contributed by atoms with Gasteiger partial charge < -0.3 is 15.2 Å². The van der Waals surface area contributed by atoms with Gasteiger partial charge in [0.1, 0.15) is 11.8 Å². The van der Waals surface area contributed by atoms with Gasteiger partial charge in [-0.1, -0.05) is 0 Å². The lowest BCUT2D eigenvalue weighted by molar-refractivity contribution is -0.385. The molecule has 7 nitrogen and oxygen atoms in total. The zero-order valence-electron chi connectivity index (χ0n) is 10.2. The van der Waals surface area contributed by atoms with Crippen LogP contribution in [0.2, 0.25) is 0 Å². The van der Waals surface area contributed by atoms with Gasteiger partial charge in [0.05, 0.1) is 29.2 Å². The largest absolute Gasteiger partial charge is 0.492 e. The van der Waals surface area contributed by atoms with E-state index in [-0.39, 0.29) is 18.7 Å². The van der Waals surface area contributed by atoms with Crippen LogP contribution in [-0.2, 0) is 9.53 Å². The van der Waals surface area contributed by atoms with Crippen LogP contribution in [0.15, 0.2) is 22.7 Å². The van der Waals surface area contributed by atoms with Crippen molar-refractivity contribution in [2.45, 2.75) is 12.5 Å². The van der Waals surface area contributed by atoms with Crippen LogP contribution in [0.4, 0.5) is 5.69 Å². The molecule has 0 aliphatic heterocycles. The van der Waals surface area contributed by atoms with Crippen molar-refractivity contribution in [3.05, 3.63) is 32.8 Å². The summed E-state index contributed by atoms with van der Waals surface area (Å²) < 4.78 is 10.4. The van der Waals surface area contributed by atoms with Crippen molar-refractivity contribution in [1.29, 1.82) is 0 Å². The standard InChI is InChI=1S/C11H13BrN2O5/c1-18-11(15)9(13)4-5-19-10-6-7(14(16)17)2-3-8(10)12/h2-3,6,9H,4-5,13H2,1H3. The number of nitro groups is 1. The maximum atomic E-state index is 11.1. The molecular weight excluding hydrogens is 320 g/mol. The molecule has 1 unspecified atom stereocenters. The number of nitrogens with two attached hydrogens (primary N) is 1. The van der Waals surface area contributed by atoms with Crippen molar-refractivity contribution in [2.75, 3.05) is 13.7 Å². The van der Waals surface area contributed by atoms with Crippen LogP contribution in [0.25, 0.3) is 0 Å². The summed E-state index contributed by atoms with van der Waals surface area (Å²) >= 11 is 3.22. The van der Waals surface area contributed by atoms with Crippen molar-refractivity contribution < 1.29 is 19.2 Å². The predicted molar refractivity (Wildman–Crippen MR) is 70.9 cm³/mol. The molecule has 1 rings (SSSR count). The lowest BCUT2D eigenvalue weighted by Crippen LogP contribution is -2.33. The highest BCUT2D eigenvalue weighted by molar-refractivity contribution is 9.10. The summed E-state index contributed by atoms with van der Waals surface area (Å²) in [7, 11) is 1.25. The first-order valence-electron chi connectivity index (χ1n) is 5.36. The van der Waals surface area contributed by atoms with E-state index in [2.05, 4.69) is 20.7 Å². The second-order valence-electron chi connectivity index (χ2n) is 3.64. The molecule has 0 radical (unpaired) electrons. The Balaban J connectivity index is 2.60. The highest BCUT2D eigenvalue weighted by atomic mass is 79.9. The van der Waals surface area contributed by atoms with Gasteiger partial charge >= 0.3 is 5.97 Å². The molecular formula is C11H13BrN2O5. The number of nitrogens with zero attached hydrogens (tertiary/aromatic N) is 1. The fourth-order valence-electron chi connectivity index (χ4n) is 1.28. The van der Waals surface area contributed by atoms with E-state index in [9.17, 15) is 14.9 Å². The molecule has 19 heavy (non-hydrogen) atoms. The molecule has 0 bridgehead atoms. The maximum Gasteiger partial charge on any atom is 0.322 e. The van der Waals surface area contributed by atoms with Gasteiger partial charge in [-0.25, -0.2) is 0 Å². The first-order valence-corrected chi connectivity index (χ1v) is 6.15. The quantitative estimate of drug-likeness (QED) is 0.482. The van der Waals surface area contributed by atoms with E-state index in [1.165, 1.54) is 25.3 Å². The van der Waals surface area contributed by atoms with E-state index in [0.717, 1.165) is 0 Å². The zero-order valence-corrected chi connectivity index (χ0v) is 11.8. The number of halogens is 1. The van der Waals surface area contributed by atoms with Gasteiger partial charge in [0, 0.05) is 12.5 Å². The number of esters is 1. The van der Waals surface area contributed by atoms with Crippen LogP contribution >= 0.6 is 15.9 Å². The third-order valence-electron chi connectivity index (χ3n) is 2.32. The lowest BCUT2D eigenvalue weighted by atomic mass is 10.2. The number of hydrogen-bond donors (Lipinski definition) is 1. The zero-order chi connectivity index (χ0) is 14.4. The lowest BCUT2D eigenvalue weighted by Gasteiger charge is -2.11. The van der Waals surface area contributed by atoms with E-state index in [0.29, 0.717) is 10.2 Å². The van der Waals surface area contributed by atoms with Crippen molar-refractivity contribution in [2.24, 2.45) is 5.73 Å². The molecule has 0 heterocycles. The number of ether oxygens (including phenoxy) is 2. The molecule has 0 aliphatic carbocycles. The van der Waals surface area contributed by atoms with E-state index >= 15 is 0 Å². The fraction of sp³-hybridized carbons (Fsp3) is 0.364. The van der Waals surface area contributed by atoms with Gasteiger partial charge in [0.15, 0.2) is 0 Å². The number of nitro benzene ring substituents is 1. The minimum atomic E-state index is -0.775. The van der Waals surface area contributed by atoms with Gasteiger partial charge in [0.2, 0.25) is 0 Å². The SMILES string of the molecule is COC(=O)C(N)CCOc1cc([N+](=O)[O-])ccc1Br. The minimum Gasteiger partial charge on any atom is -0.492 e. The van der Waals surface area contributed by atoms with Crippen LogP contribution in [0.3, 0.4) is 0 Å². The maximum absolute atomic E-state index is 11.1. The van der Waals surface area contributed by atoms with E-state index in [4.69, 9.17) is 10.5 Å². The first kappa shape index (κ1) is 15.4. The number of carbonyl (C=O) groups excluding carboxylic acids is 1. The predicted octanol–water partition coefficient (Wildman–Crippen LogP) is 1.63. The molecule has 8 heteroatoms. The minimum absolute atomic E-state index is 0.0736. The number of rotatable bonds is 6. The third kappa shape index (κ3) is 4.49. The molecule has 0 aliphatic rings. The van der Waals surface area contributed by atoms with Crippen LogP contribution in [0, 0.1) is 10.1 Å². The monoisotopic (exact) mass is 332 g/mol. The molecule has 1 atom stereocenters. The number of benzene rings is 1. The van der Waals surface area contributed by atoms with Gasteiger partial charge in [-0.2, -0.15) is 0 Å². The summed E-state index contributed by atoms with van der Waals surface area (Å²) in [4.78, 5) is 21.2. The summed E-state index contributed by atoms with van der Waals surface area (Å²) in [6.45, 7) is 0.149. The summed E-state index contributed by atoms with van der Waals surface area (Å²) in [6, 6.07) is 3.40. The molecule has 0 aromatic heterocycles. The van der Waals surface area contributed by atoms with Crippen LogP contribution in [0.1, 0.15) is 6.42 Å². The van der Waals surface area contributed by atoms with Crippen LogP contribution < -0.4 is 10.5 Å². The molecule has 104 valence electrons. The average Bonchev–Trinajstić information content (AvgIpc) is 2.39. The number of carbonyl (C=O) groups is 1. The van der Waals surface area contributed by atoms with E-state index < -0.39 is 16.9 Å². The second-order valence-corrected chi connectivity index (χ2v) is 4.49. The highest BCUT2D eigenvalue weighted by Gasteiger charge is 2.15.